The SMILES string of the molecule is CC(=O)NCCC1CCCc2ccc(O)cc21.COc1cc2c(cc1OC)/C(=C/CNC(=O)C(F)(F)F)CCC2.COc1cc2c(cc1OC)/C(=C/CNC(C)=O)CCC2.COc1cc2c(cc1OC)C(CCNC(=O)C(F)(F)F)CCC2.COc1cc2c(cc1OC)C(CCNC(C)=O)CCC2.COc1ccc2c(c1)C(CCNC(=O)C(F)(F)F)C1(CC2)Cc2ccccc2C1. The van der Waals surface area contributed by atoms with E-state index in [9.17, 15) is 73.4 Å². The molecule has 14 rings (SSSR count). The lowest BCUT2D eigenvalue weighted by Gasteiger charge is -2.43. The van der Waals surface area contributed by atoms with E-state index in [0.29, 0.717) is 60.0 Å². The molecule has 0 aliphatic heterocycles. The van der Waals surface area contributed by atoms with Gasteiger partial charge in [-0.1, -0.05) is 48.6 Å². The summed E-state index contributed by atoms with van der Waals surface area (Å²) < 4.78 is 159. The van der Waals surface area contributed by atoms with E-state index >= 15 is 0 Å². The largest absolute Gasteiger partial charge is 0.508 e. The summed E-state index contributed by atoms with van der Waals surface area (Å²) in [6.45, 7) is 6.47. The van der Waals surface area contributed by atoms with Crippen LogP contribution < -0.4 is 74.5 Å². The van der Waals surface area contributed by atoms with Gasteiger partial charge in [-0.25, -0.2) is 0 Å². The maximum atomic E-state index is 12.6. The van der Waals surface area contributed by atoms with Crippen molar-refractivity contribution >= 4 is 46.6 Å². The summed E-state index contributed by atoms with van der Waals surface area (Å²) in [6.07, 6.45) is 11.1. The van der Waals surface area contributed by atoms with Crippen LogP contribution in [0.25, 0.3) is 11.1 Å². The molecule has 4 atom stereocenters. The quantitative estimate of drug-likeness (QED) is 0.0262. The van der Waals surface area contributed by atoms with Crippen molar-refractivity contribution in [2.45, 2.75) is 211 Å². The highest BCUT2D eigenvalue weighted by Gasteiger charge is 2.48. The van der Waals surface area contributed by atoms with Crippen LogP contribution in [0.4, 0.5) is 39.5 Å². The Morgan fingerprint density at radius 3 is 1.11 bits per heavy atom. The van der Waals surface area contributed by atoms with Crippen LogP contribution >= 0.6 is 0 Å². The van der Waals surface area contributed by atoms with Gasteiger partial charge in [0.2, 0.25) is 17.7 Å². The summed E-state index contributed by atoms with van der Waals surface area (Å²) in [7, 11) is 14.4. The molecule has 0 aromatic heterocycles. The zero-order valence-corrected chi connectivity index (χ0v) is 77.3. The van der Waals surface area contributed by atoms with Crippen LogP contribution in [0.3, 0.4) is 0 Å². The lowest BCUT2D eigenvalue weighted by molar-refractivity contribution is -0.173. The summed E-state index contributed by atoms with van der Waals surface area (Å²) in [5, 5.41) is 23.9. The fraction of sp³-hybridized carbons (Fsp3) is 0.485. The van der Waals surface area contributed by atoms with Gasteiger partial charge in [-0.05, 0) is 339 Å². The molecule has 7 aliphatic carbocycles. The van der Waals surface area contributed by atoms with Gasteiger partial charge in [-0.3, -0.25) is 28.8 Å². The summed E-state index contributed by atoms with van der Waals surface area (Å²) in [4.78, 5) is 65.7. The summed E-state index contributed by atoms with van der Waals surface area (Å²) in [5.41, 5.74) is 19.1. The highest BCUT2D eigenvalue weighted by molar-refractivity contribution is 5.83. The molecule has 132 heavy (non-hydrogen) atoms. The molecular weight excluding hydrogens is 1720 g/mol. The second-order valence-corrected chi connectivity index (χ2v) is 33.7. The smallest absolute Gasteiger partial charge is 0.471 e. The van der Waals surface area contributed by atoms with E-state index in [0.717, 1.165) is 191 Å². The Morgan fingerprint density at radius 1 is 0.356 bits per heavy atom. The Balaban J connectivity index is 0.000000180. The normalized spacial score (nSPS) is 17.5. The average Bonchev–Trinajstić information content (AvgIpc) is 1.58. The zero-order chi connectivity index (χ0) is 96.0. The highest BCUT2D eigenvalue weighted by atomic mass is 19.4. The number of fused-ring (bicyclic) bond motifs is 7. The number of alkyl halides is 9. The highest BCUT2D eigenvalue weighted by Crippen LogP contribution is 2.56. The third kappa shape index (κ3) is 28.9. The van der Waals surface area contributed by atoms with Crippen LogP contribution in [-0.4, -0.2) is 162 Å². The van der Waals surface area contributed by atoms with Crippen LogP contribution in [0.15, 0.2) is 121 Å². The number of phenols is 1. The number of methoxy groups -OCH3 is 9. The van der Waals surface area contributed by atoms with Crippen LogP contribution in [0.1, 0.15) is 219 Å². The Kier molecular flexibility index (Phi) is 38.6. The number of aryl methyl sites for hydroxylation is 6. The standard InChI is InChI=1S/C23H24F3NO2.C16H20F3NO3.C16H18F3NO3.C16H23NO3.C16H21NO3.C14H19NO2/c1-29-18-7-6-15-8-10-22(13-16-4-2-3-5-17(16)14-22)20(19(15)12-18)9-11-27-21(28)23(24,25)26;2*1-22-13-8-11-5-3-4-10(12(11)9-14(13)23-2)6-7-20-15(21)16(17,18)19;2*1-11(18)17-8-7-12-5-4-6-13-9-15(19-2)16(20-3)10-14(12)13;1-10(16)15-8-7-12-4-2-3-11-5-6-13(17)9-14(11)12/h2-7,12,20H,8-11,13-14H2,1H3,(H,27,28);8-10H,3-7H2,1-2H3,(H,20,21);6,8-9H,3-5,7H2,1-2H3,(H,20,21);9-10,12H,4-8H2,1-3H3,(H,17,18);7,9-10H,4-6,8H2,1-3H3,(H,17,18);5-6,9,12,17H,2-4,7-8H2,1H3,(H,15,16)/b;;10-6+;;12-7+;. The molecule has 0 radical (unpaired) electrons. The number of hydrogen-bond donors (Lipinski definition) is 7. The molecule has 0 fully saturated rings. The Labute approximate surface area is 766 Å². The molecular formula is C101H125F9N6O16. The van der Waals surface area contributed by atoms with E-state index in [1.807, 2.05) is 77.4 Å². The number of carbonyl (C=O) groups excluding carboxylic acids is 6. The van der Waals surface area contributed by atoms with Crippen LogP contribution in [-0.2, 0) is 80.1 Å². The van der Waals surface area contributed by atoms with Crippen LogP contribution in [0.2, 0.25) is 0 Å². The van der Waals surface area contributed by atoms with Crippen molar-refractivity contribution < 1.29 is 116 Å². The molecule has 0 bridgehead atoms. The molecule has 7 N–H and O–H groups in total. The van der Waals surface area contributed by atoms with Crippen LogP contribution in [0.5, 0.6) is 57.5 Å². The lowest BCUT2D eigenvalue weighted by atomic mass is 9.61. The number of rotatable bonds is 25. The third-order valence-corrected chi connectivity index (χ3v) is 25.3. The van der Waals surface area contributed by atoms with E-state index in [1.54, 1.807) is 82.9 Å². The predicted molar refractivity (Wildman–Crippen MR) is 487 cm³/mol. The topological polar surface area (TPSA) is 278 Å². The number of ether oxygens (including phenoxy) is 9. The van der Waals surface area contributed by atoms with E-state index in [2.05, 4.69) is 63.7 Å². The van der Waals surface area contributed by atoms with Gasteiger partial charge in [0.05, 0.1) is 64.0 Å². The molecule has 0 heterocycles. The Bertz CT molecular complexity index is 5140. The number of halogens is 9. The van der Waals surface area contributed by atoms with Crippen molar-refractivity contribution in [3.05, 3.63) is 199 Å². The van der Waals surface area contributed by atoms with Gasteiger partial charge in [0.15, 0.2) is 46.0 Å². The number of allylic oxidation sites excluding steroid dienone is 2. The first-order chi connectivity index (χ1) is 63.0. The molecule has 7 aromatic rings. The van der Waals surface area contributed by atoms with Gasteiger partial charge in [0, 0.05) is 60.0 Å². The molecule has 7 aromatic carbocycles. The fourth-order valence-electron chi connectivity index (χ4n) is 18.9. The number of aromatic hydroxyl groups is 1. The van der Waals surface area contributed by atoms with Gasteiger partial charge < -0.3 is 79.6 Å². The average molecular weight is 1850 g/mol. The monoisotopic (exact) mass is 1850 g/mol. The summed E-state index contributed by atoms with van der Waals surface area (Å²) >= 11 is 0. The number of hydrogen-bond acceptors (Lipinski definition) is 16. The van der Waals surface area contributed by atoms with E-state index in [1.165, 1.54) is 88.9 Å². The molecule has 22 nitrogen and oxygen atoms in total. The van der Waals surface area contributed by atoms with Gasteiger partial charge in [-0.15, -0.1) is 0 Å². The summed E-state index contributed by atoms with van der Waals surface area (Å²) in [5.74, 6) is 2.13. The predicted octanol–water partition coefficient (Wildman–Crippen LogP) is 18.4. The van der Waals surface area contributed by atoms with Crippen molar-refractivity contribution in [2.24, 2.45) is 5.41 Å². The van der Waals surface area contributed by atoms with Crippen molar-refractivity contribution in [1.29, 1.82) is 0 Å². The second-order valence-electron chi connectivity index (χ2n) is 33.7. The van der Waals surface area contributed by atoms with Gasteiger partial charge in [0.25, 0.3) is 0 Å². The maximum absolute atomic E-state index is 12.6. The maximum Gasteiger partial charge on any atom is 0.471 e. The van der Waals surface area contributed by atoms with Crippen molar-refractivity contribution in [1.82, 2.24) is 31.9 Å². The molecule has 1 spiro atoms. The summed E-state index contributed by atoms with van der Waals surface area (Å²) in [6, 6.07) is 35.9. The first-order valence-corrected chi connectivity index (χ1v) is 44.7. The van der Waals surface area contributed by atoms with Crippen molar-refractivity contribution in [3.8, 4) is 57.5 Å². The Morgan fingerprint density at radius 2 is 0.705 bits per heavy atom. The molecule has 31 heteroatoms. The Hall–Kier alpha value is -11.8. The molecule has 6 amide bonds. The third-order valence-electron chi connectivity index (χ3n) is 25.3. The van der Waals surface area contributed by atoms with E-state index in [-0.39, 0.29) is 54.6 Å². The first kappa shape index (κ1) is 104. The number of phenolic OH excluding ortho intramolecular Hbond substituents is 1. The number of benzene rings is 7. The zero-order valence-electron chi connectivity index (χ0n) is 77.3. The molecule has 718 valence electrons. The minimum atomic E-state index is -4.86. The van der Waals surface area contributed by atoms with Crippen LogP contribution in [0, 0.1) is 5.41 Å². The van der Waals surface area contributed by atoms with Crippen molar-refractivity contribution in [3.63, 3.8) is 0 Å². The van der Waals surface area contributed by atoms with E-state index < -0.39 is 36.3 Å². The molecule has 0 saturated heterocycles. The van der Waals surface area contributed by atoms with Gasteiger partial charge >= 0.3 is 36.3 Å². The number of carbonyl (C=O) groups is 6. The van der Waals surface area contributed by atoms with Gasteiger partial charge in [0.1, 0.15) is 11.5 Å². The number of nitrogens with one attached hydrogen (secondary N) is 6. The minimum Gasteiger partial charge on any atom is -0.508 e. The second kappa shape index (κ2) is 49.1. The molecule has 0 saturated carbocycles. The lowest BCUT2D eigenvalue weighted by Crippen LogP contribution is -2.40. The van der Waals surface area contributed by atoms with Crippen molar-refractivity contribution in [2.75, 3.05) is 103 Å². The first-order valence-electron chi connectivity index (χ1n) is 44.7. The van der Waals surface area contributed by atoms with Gasteiger partial charge in [-0.2, -0.15) is 39.5 Å². The fourth-order valence-corrected chi connectivity index (χ4v) is 18.9. The molecule has 7 aliphatic rings. The minimum absolute atomic E-state index is 0.00223. The van der Waals surface area contributed by atoms with E-state index in [4.69, 9.17) is 42.6 Å². The molecule has 4 unspecified atom stereocenters. The number of amides is 6.